The molecule has 1 aromatic carbocycles. The fourth-order valence-corrected chi connectivity index (χ4v) is 6.53. The summed E-state index contributed by atoms with van der Waals surface area (Å²) in [5.74, 6) is 0.145. The molecule has 2 atom stereocenters. The molecule has 2 aliphatic rings. The topological polar surface area (TPSA) is 63.2 Å². The van der Waals surface area contributed by atoms with Crippen LogP contribution in [0.5, 0.6) is 0 Å². The van der Waals surface area contributed by atoms with E-state index in [9.17, 15) is 13.2 Å². The molecule has 23 heavy (non-hydrogen) atoms. The van der Waals surface area contributed by atoms with Gasteiger partial charge in [0.05, 0.1) is 26.9 Å². The Morgan fingerprint density at radius 2 is 2.00 bits per heavy atom. The van der Waals surface area contributed by atoms with Crippen molar-refractivity contribution in [2.75, 3.05) is 10.5 Å². The van der Waals surface area contributed by atoms with Gasteiger partial charge in [-0.3, -0.25) is 9.52 Å². The third kappa shape index (κ3) is 2.57. The summed E-state index contributed by atoms with van der Waals surface area (Å²) in [7, 11) is -3.72. The highest BCUT2D eigenvalue weighted by atomic mass is 35.5. The van der Waals surface area contributed by atoms with Crippen molar-refractivity contribution in [3.05, 3.63) is 28.2 Å². The van der Waals surface area contributed by atoms with Crippen LogP contribution in [0.25, 0.3) is 0 Å². The summed E-state index contributed by atoms with van der Waals surface area (Å²) < 4.78 is 27.8. The maximum Gasteiger partial charge on any atom is 0.233 e. The number of nitrogens with one attached hydrogen (secondary N) is 1. The summed E-state index contributed by atoms with van der Waals surface area (Å²) in [5, 5.41) is 0.444. The first kappa shape index (κ1) is 17.1. The summed E-state index contributed by atoms with van der Waals surface area (Å²) >= 11 is 12.0. The molecule has 0 radical (unpaired) electrons. The standard InChI is InChI=1S/C16H19Cl2NO3S/c1-15(2)10-6-7-16(15,13(20)8-10)9-23(21,22)19-12-5-3-4-11(17)14(12)18/h3-5,10,19H,6-9H2,1-2H3. The Bertz CT molecular complexity index is 776. The molecule has 0 saturated heterocycles. The number of hydrogen-bond acceptors (Lipinski definition) is 3. The molecule has 0 aliphatic heterocycles. The van der Waals surface area contributed by atoms with E-state index in [1.807, 2.05) is 13.8 Å². The van der Waals surface area contributed by atoms with Gasteiger partial charge in [-0.2, -0.15) is 0 Å². The number of fused-ring (bicyclic) bond motifs is 2. The van der Waals surface area contributed by atoms with Gasteiger partial charge in [0.15, 0.2) is 0 Å². The van der Waals surface area contributed by atoms with Crippen molar-refractivity contribution in [3.63, 3.8) is 0 Å². The van der Waals surface area contributed by atoms with E-state index in [0.717, 1.165) is 6.42 Å². The van der Waals surface area contributed by atoms with Gasteiger partial charge in [0.25, 0.3) is 0 Å². The van der Waals surface area contributed by atoms with E-state index < -0.39 is 15.4 Å². The minimum absolute atomic E-state index is 0.0707. The first-order valence-electron chi connectivity index (χ1n) is 7.57. The van der Waals surface area contributed by atoms with E-state index in [-0.39, 0.29) is 38.6 Å². The third-order valence-corrected chi connectivity index (χ3v) is 8.02. The molecule has 2 bridgehead atoms. The van der Waals surface area contributed by atoms with Crippen LogP contribution in [0.2, 0.25) is 10.0 Å². The van der Waals surface area contributed by atoms with E-state index in [1.54, 1.807) is 18.2 Å². The Balaban J connectivity index is 1.90. The van der Waals surface area contributed by atoms with Gasteiger partial charge in [-0.05, 0) is 36.3 Å². The first-order chi connectivity index (χ1) is 10.6. The molecule has 7 heteroatoms. The lowest BCUT2D eigenvalue weighted by atomic mass is 9.70. The van der Waals surface area contributed by atoms with E-state index in [0.29, 0.717) is 12.8 Å². The first-order valence-corrected chi connectivity index (χ1v) is 9.98. The lowest BCUT2D eigenvalue weighted by Crippen LogP contribution is -2.43. The smallest absolute Gasteiger partial charge is 0.233 e. The second-order valence-electron chi connectivity index (χ2n) is 7.13. The molecule has 0 heterocycles. The van der Waals surface area contributed by atoms with Crippen molar-refractivity contribution in [1.29, 1.82) is 0 Å². The maximum atomic E-state index is 12.7. The van der Waals surface area contributed by atoms with Crippen LogP contribution < -0.4 is 4.72 Å². The highest BCUT2D eigenvalue weighted by Crippen LogP contribution is 2.64. The molecular weight excluding hydrogens is 357 g/mol. The van der Waals surface area contributed by atoms with Gasteiger partial charge in [-0.15, -0.1) is 0 Å². The maximum absolute atomic E-state index is 12.7. The Hall–Kier alpha value is -0.780. The highest BCUT2D eigenvalue weighted by molar-refractivity contribution is 7.92. The summed E-state index contributed by atoms with van der Waals surface area (Å²) in [5.41, 5.74) is -0.848. The lowest BCUT2D eigenvalue weighted by Gasteiger charge is -2.36. The molecule has 126 valence electrons. The van der Waals surface area contributed by atoms with Gasteiger partial charge in [0.1, 0.15) is 5.78 Å². The molecule has 0 spiro atoms. The third-order valence-electron chi connectivity index (χ3n) is 5.79. The zero-order valence-corrected chi connectivity index (χ0v) is 15.4. The van der Waals surface area contributed by atoms with Crippen molar-refractivity contribution in [1.82, 2.24) is 0 Å². The zero-order valence-electron chi connectivity index (χ0n) is 13.0. The molecular formula is C16H19Cl2NO3S. The fourth-order valence-electron chi connectivity index (χ4n) is 4.22. The van der Waals surface area contributed by atoms with Crippen molar-refractivity contribution in [2.45, 2.75) is 33.1 Å². The summed E-state index contributed by atoms with van der Waals surface area (Å²) in [4.78, 5) is 12.5. The predicted molar refractivity (Wildman–Crippen MR) is 92.4 cm³/mol. The second kappa shape index (κ2) is 5.36. The lowest BCUT2D eigenvalue weighted by molar-refractivity contribution is -0.128. The number of Topliss-reactive ketones (excluding diaryl/α,β-unsaturated/α-hetero) is 1. The molecule has 1 N–H and O–H groups in total. The Labute approximate surface area is 146 Å². The molecule has 4 nitrogen and oxygen atoms in total. The summed E-state index contributed by atoms with van der Waals surface area (Å²) in [6, 6.07) is 4.77. The van der Waals surface area contributed by atoms with E-state index in [1.165, 1.54) is 0 Å². The van der Waals surface area contributed by atoms with Crippen LogP contribution in [-0.2, 0) is 14.8 Å². The Kier molecular flexibility index (Phi) is 3.98. The molecule has 2 aliphatic carbocycles. The van der Waals surface area contributed by atoms with E-state index in [2.05, 4.69) is 4.72 Å². The second-order valence-corrected chi connectivity index (χ2v) is 9.64. The summed E-state index contributed by atoms with van der Waals surface area (Å²) in [6.07, 6.45) is 2.03. The predicted octanol–water partition coefficient (Wildman–Crippen LogP) is 4.13. The molecule has 1 aromatic rings. The number of anilines is 1. The average molecular weight is 376 g/mol. The van der Waals surface area contributed by atoms with Crippen LogP contribution in [0.1, 0.15) is 33.1 Å². The van der Waals surface area contributed by atoms with Crippen molar-refractivity contribution in [3.8, 4) is 0 Å². The minimum atomic E-state index is -3.72. The number of hydrogen-bond donors (Lipinski definition) is 1. The van der Waals surface area contributed by atoms with Crippen LogP contribution in [0.15, 0.2) is 18.2 Å². The van der Waals surface area contributed by atoms with Gasteiger partial charge < -0.3 is 0 Å². The van der Waals surface area contributed by atoms with Crippen LogP contribution >= 0.6 is 23.2 Å². The van der Waals surface area contributed by atoms with E-state index >= 15 is 0 Å². The molecule has 2 unspecified atom stereocenters. The molecule has 2 fully saturated rings. The minimum Gasteiger partial charge on any atom is -0.299 e. The van der Waals surface area contributed by atoms with Gasteiger partial charge in [-0.1, -0.05) is 43.1 Å². The zero-order chi connectivity index (χ0) is 17.0. The average Bonchev–Trinajstić information content (AvgIpc) is 2.77. The van der Waals surface area contributed by atoms with Crippen molar-refractivity contribution < 1.29 is 13.2 Å². The molecule has 2 saturated carbocycles. The van der Waals surface area contributed by atoms with Crippen LogP contribution in [0, 0.1) is 16.7 Å². The number of benzene rings is 1. The number of carbonyl (C=O) groups excluding carboxylic acids is 1. The fraction of sp³-hybridized carbons (Fsp3) is 0.562. The van der Waals surface area contributed by atoms with E-state index in [4.69, 9.17) is 23.2 Å². The van der Waals surface area contributed by atoms with Gasteiger partial charge >= 0.3 is 0 Å². The van der Waals surface area contributed by atoms with Crippen molar-refractivity contribution >= 4 is 44.7 Å². The van der Waals surface area contributed by atoms with Gasteiger partial charge in [-0.25, -0.2) is 8.42 Å². The molecule has 0 amide bonds. The Morgan fingerprint density at radius 1 is 1.30 bits per heavy atom. The van der Waals surface area contributed by atoms with Crippen LogP contribution in [0.3, 0.4) is 0 Å². The highest BCUT2D eigenvalue weighted by Gasteiger charge is 2.65. The molecule has 0 aromatic heterocycles. The molecule has 3 rings (SSSR count). The van der Waals surface area contributed by atoms with Gasteiger partial charge in [0, 0.05) is 6.42 Å². The number of rotatable bonds is 4. The SMILES string of the molecule is CC1(C)C2CCC1(CS(=O)(=O)Nc1cccc(Cl)c1Cl)C(=O)C2. The van der Waals surface area contributed by atoms with Crippen LogP contribution in [-0.4, -0.2) is 20.0 Å². The van der Waals surface area contributed by atoms with Crippen molar-refractivity contribution in [2.24, 2.45) is 16.7 Å². The quantitative estimate of drug-likeness (QED) is 0.860. The normalized spacial score (nSPS) is 29.0. The monoisotopic (exact) mass is 375 g/mol. The number of halogens is 2. The number of ketones is 1. The summed E-state index contributed by atoms with van der Waals surface area (Å²) in [6.45, 7) is 4.02. The van der Waals surface area contributed by atoms with Gasteiger partial charge in [0.2, 0.25) is 10.0 Å². The Morgan fingerprint density at radius 3 is 2.57 bits per heavy atom. The largest absolute Gasteiger partial charge is 0.299 e. The number of sulfonamides is 1. The van der Waals surface area contributed by atoms with Crippen LogP contribution in [0.4, 0.5) is 5.69 Å². The number of carbonyl (C=O) groups is 1.